The molecule has 14 heteroatoms. The number of fused-ring (bicyclic) bond motifs is 4. The number of carbonyl (C=O) groups is 2. The maximum absolute atomic E-state index is 14.6. The maximum atomic E-state index is 14.6. The Hall–Kier alpha value is -5.79. The van der Waals surface area contributed by atoms with Crippen LogP contribution in [0.3, 0.4) is 0 Å². The standard InChI is InChI=1S/C41H44F2N8O4/c1-40(2,3)48-38(53)50-19-24(42)15-30(50)36-44-17-28(46-36)22-7-10-26-21(13-22)9-12-32-34(26)35(52)27-11-8-23(14-33(27)55-32)29-18-45-37(47-29)31-16-25(43)20-51(31)39(54)49-41(4,5)6/h7-14,17-18,24-25,30-31H,15-16,19-20H2,1-6H3,(H,44,46)(H,45,47)(H,48,53)(H,49,54)/t24-,25-,30+,31+/m1/s1. The Morgan fingerprint density at radius 1 is 0.727 bits per heavy atom. The van der Waals surface area contributed by atoms with Crippen molar-refractivity contribution in [2.24, 2.45) is 0 Å². The number of H-pyrrole nitrogens is 2. The van der Waals surface area contributed by atoms with Crippen molar-refractivity contribution in [3.8, 4) is 22.5 Å². The molecule has 3 aromatic heterocycles. The third kappa shape index (κ3) is 7.01. The van der Waals surface area contributed by atoms with Crippen LogP contribution in [0.4, 0.5) is 18.4 Å². The minimum absolute atomic E-state index is 0.00510. The molecule has 4 amide bonds. The molecule has 0 radical (unpaired) electrons. The van der Waals surface area contributed by atoms with Crippen LogP contribution in [0.5, 0.6) is 0 Å². The fraction of sp³-hybridized carbons (Fsp3) is 0.390. The summed E-state index contributed by atoms with van der Waals surface area (Å²) in [5.41, 5.74) is 2.60. The number of aromatic amines is 2. The largest absolute Gasteiger partial charge is 0.456 e. The number of amides is 4. The fourth-order valence-electron chi connectivity index (χ4n) is 7.64. The summed E-state index contributed by atoms with van der Waals surface area (Å²) in [7, 11) is 0. The Labute approximate surface area is 315 Å². The first-order valence-electron chi connectivity index (χ1n) is 18.5. The van der Waals surface area contributed by atoms with Gasteiger partial charge < -0.3 is 34.8 Å². The van der Waals surface area contributed by atoms with Crippen molar-refractivity contribution in [3.63, 3.8) is 0 Å². The van der Waals surface area contributed by atoms with E-state index in [9.17, 15) is 23.2 Å². The molecule has 2 aliphatic rings. The number of nitrogens with zero attached hydrogens (tertiary/aromatic N) is 4. The van der Waals surface area contributed by atoms with Crippen LogP contribution in [0, 0.1) is 0 Å². The highest BCUT2D eigenvalue weighted by molar-refractivity contribution is 6.09. The van der Waals surface area contributed by atoms with E-state index in [0.29, 0.717) is 45.0 Å². The molecule has 0 aliphatic carbocycles. The number of benzene rings is 3. The SMILES string of the molecule is CC(C)(C)NC(=O)N1C[C@H](F)C[C@H]1c1ncc(-c2ccc3c(ccc4oc5cc(-c6cnc([C@@H]7C[C@@H](F)CN7C(=O)NC(C)(C)C)[nH]6)ccc5c(=O)c43)c2)[nH]1. The van der Waals surface area contributed by atoms with Gasteiger partial charge in [-0.15, -0.1) is 0 Å². The summed E-state index contributed by atoms with van der Waals surface area (Å²) in [6, 6.07) is 12.9. The third-order valence-corrected chi connectivity index (χ3v) is 10.1. The lowest BCUT2D eigenvalue weighted by atomic mass is 10.0. The van der Waals surface area contributed by atoms with Gasteiger partial charge in [-0.1, -0.05) is 24.3 Å². The summed E-state index contributed by atoms with van der Waals surface area (Å²) in [5, 5.41) is 8.24. The van der Waals surface area contributed by atoms with Gasteiger partial charge in [-0.05, 0) is 76.6 Å². The van der Waals surface area contributed by atoms with Crippen LogP contribution in [-0.4, -0.2) is 78.3 Å². The van der Waals surface area contributed by atoms with Crippen molar-refractivity contribution in [2.45, 2.75) is 89.9 Å². The van der Waals surface area contributed by atoms with Gasteiger partial charge in [0.1, 0.15) is 35.2 Å². The van der Waals surface area contributed by atoms with Gasteiger partial charge in [0.05, 0.1) is 59.7 Å². The zero-order chi connectivity index (χ0) is 39.0. The average molecular weight is 751 g/mol. The van der Waals surface area contributed by atoms with Crippen LogP contribution in [0.15, 0.2) is 70.1 Å². The number of urea groups is 2. The molecule has 0 spiro atoms. The maximum Gasteiger partial charge on any atom is 0.318 e. The molecule has 0 unspecified atom stereocenters. The highest BCUT2D eigenvalue weighted by Crippen LogP contribution is 2.36. The van der Waals surface area contributed by atoms with Crippen LogP contribution in [0.2, 0.25) is 0 Å². The number of nitrogens with one attached hydrogen (secondary N) is 4. The minimum atomic E-state index is -1.16. The molecule has 6 aromatic rings. The molecule has 2 aliphatic heterocycles. The number of likely N-dealkylation sites (tertiary alicyclic amines) is 2. The second kappa shape index (κ2) is 13.2. The van der Waals surface area contributed by atoms with Crippen LogP contribution in [0.25, 0.3) is 55.2 Å². The molecule has 5 heterocycles. The smallest absolute Gasteiger partial charge is 0.318 e. The lowest BCUT2D eigenvalue weighted by Crippen LogP contribution is -2.48. The summed E-state index contributed by atoms with van der Waals surface area (Å²) in [4.78, 5) is 58.6. The third-order valence-electron chi connectivity index (χ3n) is 10.1. The lowest BCUT2D eigenvalue weighted by Gasteiger charge is -2.28. The van der Waals surface area contributed by atoms with E-state index >= 15 is 0 Å². The van der Waals surface area contributed by atoms with E-state index in [4.69, 9.17) is 4.42 Å². The van der Waals surface area contributed by atoms with Gasteiger partial charge in [-0.25, -0.2) is 28.3 Å². The van der Waals surface area contributed by atoms with Gasteiger partial charge in [0.25, 0.3) is 0 Å². The van der Waals surface area contributed by atoms with E-state index in [0.717, 1.165) is 21.9 Å². The number of hydrogen-bond donors (Lipinski definition) is 4. The van der Waals surface area contributed by atoms with Gasteiger partial charge in [0, 0.05) is 35.0 Å². The number of alkyl halides is 2. The highest BCUT2D eigenvalue weighted by atomic mass is 19.1. The second-order valence-electron chi connectivity index (χ2n) is 16.7. The Morgan fingerprint density at radius 3 is 1.76 bits per heavy atom. The summed E-state index contributed by atoms with van der Waals surface area (Å²) in [6.07, 6.45) is 1.29. The topological polar surface area (TPSA) is 152 Å². The molecule has 0 saturated carbocycles. The molecule has 2 fully saturated rings. The molecular weight excluding hydrogens is 706 g/mol. The Kier molecular flexibility index (Phi) is 8.69. The van der Waals surface area contributed by atoms with Crippen molar-refractivity contribution < 1.29 is 22.8 Å². The molecule has 286 valence electrons. The lowest BCUT2D eigenvalue weighted by molar-refractivity contribution is 0.179. The summed E-state index contributed by atoms with van der Waals surface area (Å²) < 4.78 is 35.5. The molecule has 55 heavy (non-hydrogen) atoms. The van der Waals surface area contributed by atoms with Crippen LogP contribution < -0.4 is 16.1 Å². The van der Waals surface area contributed by atoms with Gasteiger partial charge in [0.15, 0.2) is 0 Å². The predicted octanol–water partition coefficient (Wildman–Crippen LogP) is 8.07. The summed E-state index contributed by atoms with van der Waals surface area (Å²) in [5.74, 6) is 0.988. The van der Waals surface area contributed by atoms with E-state index in [-0.39, 0.29) is 43.4 Å². The minimum Gasteiger partial charge on any atom is -0.456 e. The normalized spacial score (nSPS) is 20.6. The molecular formula is C41H44F2N8O4. The molecule has 3 aromatic carbocycles. The van der Waals surface area contributed by atoms with Gasteiger partial charge in [0.2, 0.25) is 5.43 Å². The number of imidazole rings is 2. The van der Waals surface area contributed by atoms with E-state index in [1.807, 2.05) is 71.9 Å². The Bertz CT molecular complexity index is 2530. The molecule has 4 atom stereocenters. The average Bonchev–Trinajstić information content (AvgIpc) is 3.92. The van der Waals surface area contributed by atoms with E-state index in [1.165, 1.54) is 9.80 Å². The first kappa shape index (κ1) is 36.2. The van der Waals surface area contributed by atoms with Crippen molar-refractivity contribution >= 4 is 44.8 Å². The summed E-state index contributed by atoms with van der Waals surface area (Å²) >= 11 is 0. The Morgan fingerprint density at radius 2 is 1.24 bits per heavy atom. The van der Waals surface area contributed by atoms with E-state index < -0.39 is 35.5 Å². The zero-order valence-corrected chi connectivity index (χ0v) is 31.6. The molecule has 4 N–H and O–H groups in total. The first-order valence-corrected chi connectivity index (χ1v) is 18.5. The van der Waals surface area contributed by atoms with Gasteiger partial charge in [-0.3, -0.25) is 4.79 Å². The predicted molar refractivity (Wildman–Crippen MR) is 207 cm³/mol. The number of hydrogen-bond acceptors (Lipinski definition) is 6. The first-order chi connectivity index (χ1) is 26.0. The second-order valence-corrected chi connectivity index (χ2v) is 16.7. The summed E-state index contributed by atoms with van der Waals surface area (Å²) in [6.45, 7) is 11.2. The zero-order valence-electron chi connectivity index (χ0n) is 31.6. The quantitative estimate of drug-likeness (QED) is 0.106. The van der Waals surface area contributed by atoms with Crippen LogP contribution in [-0.2, 0) is 0 Å². The number of halogens is 2. The molecule has 2 saturated heterocycles. The Balaban J connectivity index is 1.06. The van der Waals surface area contributed by atoms with Crippen LogP contribution in [0.1, 0.15) is 78.1 Å². The molecule has 12 nitrogen and oxygen atoms in total. The van der Waals surface area contributed by atoms with Crippen molar-refractivity contribution in [1.29, 1.82) is 0 Å². The monoisotopic (exact) mass is 750 g/mol. The van der Waals surface area contributed by atoms with Gasteiger partial charge in [-0.2, -0.15) is 0 Å². The van der Waals surface area contributed by atoms with Crippen molar-refractivity contribution in [3.05, 3.63) is 82.8 Å². The number of rotatable bonds is 4. The van der Waals surface area contributed by atoms with E-state index in [1.54, 1.807) is 30.6 Å². The van der Waals surface area contributed by atoms with Gasteiger partial charge >= 0.3 is 12.1 Å². The highest BCUT2D eigenvalue weighted by Gasteiger charge is 2.40. The van der Waals surface area contributed by atoms with Crippen LogP contribution >= 0.6 is 0 Å². The number of aromatic nitrogens is 4. The van der Waals surface area contributed by atoms with Crippen molar-refractivity contribution in [1.82, 2.24) is 40.4 Å². The molecule has 8 rings (SSSR count). The van der Waals surface area contributed by atoms with E-state index in [2.05, 4.69) is 30.6 Å². The van der Waals surface area contributed by atoms with Crippen molar-refractivity contribution in [2.75, 3.05) is 13.1 Å². The molecule has 0 bridgehead atoms. The number of carbonyl (C=O) groups excluding carboxylic acids is 2. The fourth-order valence-corrected chi connectivity index (χ4v) is 7.64.